The maximum Gasteiger partial charge on any atom is 0.488 e. The Morgan fingerprint density at radius 2 is 1.62 bits per heavy atom. The van der Waals surface area contributed by atoms with E-state index in [0.717, 1.165) is 11.3 Å². The molecule has 0 aliphatic carbocycles. The summed E-state index contributed by atoms with van der Waals surface area (Å²) in [6.45, 7) is 0. The van der Waals surface area contributed by atoms with Gasteiger partial charge in [0.05, 0.1) is 11.8 Å². The van der Waals surface area contributed by atoms with Gasteiger partial charge in [-0.25, -0.2) is 0 Å². The molecule has 104 valence electrons. The molecule has 0 aliphatic heterocycles. The van der Waals surface area contributed by atoms with Crippen molar-refractivity contribution in [3.8, 4) is 22.8 Å². The molecule has 2 aromatic carbocycles. The van der Waals surface area contributed by atoms with Crippen LogP contribution >= 0.6 is 0 Å². The van der Waals surface area contributed by atoms with Gasteiger partial charge < -0.3 is 19.2 Å². The zero-order valence-electron chi connectivity index (χ0n) is 11.1. The first-order valence-electron chi connectivity index (χ1n) is 6.51. The first kappa shape index (κ1) is 13.5. The predicted octanol–water partition coefficient (Wildman–Crippen LogP) is 2.42. The van der Waals surface area contributed by atoms with Crippen LogP contribution in [0, 0.1) is 0 Å². The number of para-hydroxylation sites is 1. The van der Waals surface area contributed by atoms with E-state index in [4.69, 9.17) is 19.2 Å². The van der Waals surface area contributed by atoms with E-state index >= 15 is 0 Å². The molecule has 2 N–H and O–H groups in total. The Hall–Kier alpha value is -2.50. The number of rotatable bonds is 4. The van der Waals surface area contributed by atoms with E-state index in [1.807, 2.05) is 36.4 Å². The van der Waals surface area contributed by atoms with Crippen LogP contribution in [0.5, 0.6) is 11.5 Å². The molecule has 3 rings (SSSR count). The van der Waals surface area contributed by atoms with Crippen molar-refractivity contribution in [2.75, 3.05) is 0 Å². The number of hydrogen-bond donors (Lipinski definition) is 2. The van der Waals surface area contributed by atoms with E-state index in [2.05, 4.69) is 0 Å². The van der Waals surface area contributed by atoms with Crippen molar-refractivity contribution >= 4 is 12.6 Å². The van der Waals surface area contributed by atoms with Crippen LogP contribution in [0.2, 0.25) is 0 Å². The zero-order chi connectivity index (χ0) is 14.7. The van der Waals surface area contributed by atoms with Crippen LogP contribution in [0.25, 0.3) is 11.3 Å². The number of hydrogen-bond acceptors (Lipinski definition) is 4. The molecule has 0 aliphatic rings. The van der Waals surface area contributed by atoms with Crippen LogP contribution in [0.15, 0.2) is 71.3 Å². The van der Waals surface area contributed by atoms with Gasteiger partial charge in [-0.05, 0) is 41.9 Å². The molecule has 1 aromatic heterocycles. The third-order valence-corrected chi connectivity index (χ3v) is 3.08. The molecule has 3 aromatic rings. The minimum atomic E-state index is -1.48. The highest BCUT2D eigenvalue weighted by atomic mass is 16.5. The van der Waals surface area contributed by atoms with Crippen molar-refractivity contribution in [2.24, 2.45) is 0 Å². The molecule has 0 fully saturated rings. The third kappa shape index (κ3) is 2.99. The quantitative estimate of drug-likeness (QED) is 0.720. The van der Waals surface area contributed by atoms with E-state index in [0.29, 0.717) is 17.0 Å². The Morgan fingerprint density at radius 3 is 2.29 bits per heavy atom. The Labute approximate surface area is 122 Å². The first-order chi connectivity index (χ1) is 10.2. The molecule has 21 heavy (non-hydrogen) atoms. The lowest BCUT2D eigenvalue weighted by atomic mass is 9.80. The summed E-state index contributed by atoms with van der Waals surface area (Å²) < 4.78 is 11.2. The zero-order valence-corrected chi connectivity index (χ0v) is 11.1. The summed E-state index contributed by atoms with van der Waals surface area (Å²) in [6, 6.07) is 17.8. The van der Waals surface area contributed by atoms with Gasteiger partial charge in [0.25, 0.3) is 0 Å². The average molecular weight is 280 g/mol. The standard InChI is InChI=1S/C16H13BO4/c18-17(19)12-7-9-13(10-8-12)21-16-5-2-1-4-14(16)15-6-3-11-20-15/h1-11,18-19H. The van der Waals surface area contributed by atoms with Crippen LogP contribution < -0.4 is 10.2 Å². The van der Waals surface area contributed by atoms with Gasteiger partial charge in [-0.15, -0.1) is 0 Å². The van der Waals surface area contributed by atoms with Crippen LogP contribution in [-0.4, -0.2) is 17.2 Å². The molecule has 0 saturated carbocycles. The predicted molar refractivity (Wildman–Crippen MR) is 80.5 cm³/mol. The molecule has 0 amide bonds. The molecule has 4 nitrogen and oxygen atoms in total. The molecule has 0 atom stereocenters. The van der Waals surface area contributed by atoms with Crippen LogP contribution in [-0.2, 0) is 0 Å². The number of benzene rings is 2. The number of furan rings is 1. The van der Waals surface area contributed by atoms with Crippen molar-refractivity contribution in [3.63, 3.8) is 0 Å². The molecule has 0 bridgehead atoms. The summed E-state index contributed by atoms with van der Waals surface area (Å²) in [7, 11) is -1.48. The highest BCUT2D eigenvalue weighted by Gasteiger charge is 2.12. The number of ether oxygens (including phenoxy) is 1. The van der Waals surface area contributed by atoms with Gasteiger partial charge in [-0.3, -0.25) is 0 Å². The average Bonchev–Trinajstić information content (AvgIpc) is 3.02. The summed E-state index contributed by atoms with van der Waals surface area (Å²) in [5, 5.41) is 18.2. The van der Waals surface area contributed by atoms with Crippen molar-refractivity contribution in [1.82, 2.24) is 0 Å². The van der Waals surface area contributed by atoms with Gasteiger partial charge in [-0.2, -0.15) is 0 Å². The monoisotopic (exact) mass is 280 g/mol. The van der Waals surface area contributed by atoms with Crippen molar-refractivity contribution in [1.29, 1.82) is 0 Å². The van der Waals surface area contributed by atoms with E-state index in [9.17, 15) is 0 Å². The lowest BCUT2D eigenvalue weighted by Crippen LogP contribution is -2.29. The van der Waals surface area contributed by atoms with Crippen molar-refractivity contribution < 1.29 is 19.2 Å². The second-order valence-corrected chi connectivity index (χ2v) is 4.52. The SMILES string of the molecule is OB(O)c1ccc(Oc2ccccc2-c2ccco2)cc1. The maximum atomic E-state index is 9.08. The van der Waals surface area contributed by atoms with Crippen molar-refractivity contribution in [3.05, 3.63) is 66.9 Å². The fraction of sp³-hybridized carbons (Fsp3) is 0. The van der Waals surface area contributed by atoms with Gasteiger partial charge in [0.1, 0.15) is 17.3 Å². The summed E-state index contributed by atoms with van der Waals surface area (Å²) >= 11 is 0. The van der Waals surface area contributed by atoms with E-state index < -0.39 is 7.12 Å². The molecule has 0 spiro atoms. The fourth-order valence-corrected chi connectivity index (χ4v) is 2.03. The summed E-state index contributed by atoms with van der Waals surface area (Å²) in [4.78, 5) is 0. The lowest BCUT2D eigenvalue weighted by molar-refractivity contribution is 0.425. The van der Waals surface area contributed by atoms with Gasteiger partial charge in [0.15, 0.2) is 0 Å². The van der Waals surface area contributed by atoms with E-state index in [-0.39, 0.29) is 0 Å². The molecular formula is C16H13BO4. The summed E-state index contributed by atoms with van der Waals surface area (Å²) in [5.41, 5.74) is 1.27. The molecule has 0 unspecified atom stereocenters. The Kier molecular flexibility index (Phi) is 3.77. The third-order valence-electron chi connectivity index (χ3n) is 3.08. The molecule has 0 radical (unpaired) electrons. The van der Waals surface area contributed by atoms with Crippen LogP contribution in [0.4, 0.5) is 0 Å². The van der Waals surface area contributed by atoms with Gasteiger partial charge in [0.2, 0.25) is 0 Å². The molecule has 0 saturated heterocycles. The maximum absolute atomic E-state index is 9.08. The molecule has 5 heteroatoms. The second kappa shape index (κ2) is 5.87. The Bertz CT molecular complexity index is 705. The summed E-state index contributed by atoms with van der Waals surface area (Å²) in [6.07, 6.45) is 1.61. The lowest BCUT2D eigenvalue weighted by Gasteiger charge is -2.10. The molecule has 1 heterocycles. The van der Waals surface area contributed by atoms with Gasteiger partial charge in [-0.1, -0.05) is 24.3 Å². The highest BCUT2D eigenvalue weighted by Crippen LogP contribution is 2.33. The fourth-order valence-electron chi connectivity index (χ4n) is 2.03. The highest BCUT2D eigenvalue weighted by molar-refractivity contribution is 6.58. The van der Waals surface area contributed by atoms with Crippen LogP contribution in [0.1, 0.15) is 0 Å². The minimum absolute atomic E-state index is 0.418. The minimum Gasteiger partial charge on any atom is -0.464 e. The second-order valence-electron chi connectivity index (χ2n) is 4.52. The topological polar surface area (TPSA) is 62.8 Å². The normalized spacial score (nSPS) is 10.4. The van der Waals surface area contributed by atoms with Crippen molar-refractivity contribution in [2.45, 2.75) is 0 Å². The van der Waals surface area contributed by atoms with Crippen LogP contribution in [0.3, 0.4) is 0 Å². The van der Waals surface area contributed by atoms with Gasteiger partial charge in [0, 0.05) is 0 Å². The molecular weight excluding hydrogens is 267 g/mol. The smallest absolute Gasteiger partial charge is 0.464 e. The Morgan fingerprint density at radius 1 is 0.857 bits per heavy atom. The summed E-state index contributed by atoms with van der Waals surface area (Å²) in [5.74, 6) is 2.01. The van der Waals surface area contributed by atoms with E-state index in [1.165, 1.54) is 0 Å². The largest absolute Gasteiger partial charge is 0.488 e. The van der Waals surface area contributed by atoms with Gasteiger partial charge >= 0.3 is 7.12 Å². The first-order valence-corrected chi connectivity index (χ1v) is 6.51. The Balaban J connectivity index is 1.88. The van der Waals surface area contributed by atoms with E-state index in [1.54, 1.807) is 30.5 Å².